The topological polar surface area (TPSA) is 72.2 Å². The molecule has 112 valence electrons. The summed E-state index contributed by atoms with van der Waals surface area (Å²) in [4.78, 5) is 0.200. The Labute approximate surface area is 133 Å². The summed E-state index contributed by atoms with van der Waals surface area (Å²) in [6.45, 7) is 3.55. The molecule has 0 saturated heterocycles. The summed E-state index contributed by atoms with van der Waals surface area (Å²) in [5, 5.41) is 0. The predicted octanol–water partition coefficient (Wildman–Crippen LogP) is 3.38. The van der Waals surface area contributed by atoms with Crippen molar-refractivity contribution in [3.05, 3.63) is 58.1 Å². The van der Waals surface area contributed by atoms with Gasteiger partial charge < -0.3 is 5.73 Å². The summed E-state index contributed by atoms with van der Waals surface area (Å²) >= 11 is 3.29. The molecule has 1 unspecified atom stereocenters. The van der Waals surface area contributed by atoms with Gasteiger partial charge >= 0.3 is 0 Å². The zero-order valence-corrected chi connectivity index (χ0v) is 14.2. The van der Waals surface area contributed by atoms with Crippen LogP contribution in [0.1, 0.15) is 24.1 Å². The zero-order valence-electron chi connectivity index (χ0n) is 11.8. The normalized spacial score (nSPS) is 13.1. The second-order valence-corrected chi connectivity index (χ2v) is 7.43. The van der Waals surface area contributed by atoms with E-state index < -0.39 is 10.0 Å². The Bertz CT molecular complexity index is 746. The number of hydrogen-bond acceptors (Lipinski definition) is 3. The average molecular weight is 369 g/mol. The Balaban J connectivity index is 2.33. The molecular formula is C15H17BrN2O2S. The number of sulfonamides is 1. The third kappa shape index (κ3) is 3.64. The van der Waals surface area contributed by atoms with Gasteiger partial charge in [0.1, 0.15) is 0 Å². The molecule has 0 aliphatic rings. The van der Waals surface area contributed by atoms with Crippen molar-refractivity contribution in [2.45, 2.75) is 24.8 Å². The summed E-state index contributed by atoms with van der Waals surface area (Å²) in [6, 6.07) is 12.3. The van der Waals surface area contributed by atoms with Crippen molar-refractivity contribution in [3.8, 4) is 0 Å². The number of benzene rings is 2. The first kappa shape index (κ1) is 16.0. The first-order valence-corrected chi connectivity index (χ1v) is 8.72. The number of rotatable bonds is 4. The van der Waals surface area contributed by atoms with Crippen molar-refractivity contribution >= 4 is 31.6 Å². The van der Waals surface area contributed by atoms with Gasteiger partial charge in [0.15, 0.2) is 0 Å². The molecule has 0 saturated carbocycles. The molecule has 2 rings (SSSR count). The van der Waals surface area contributed by atoms with Crippen molar-refractivity contribution in [1.29, 1.82) is 0 Å². The van der Waals surface area contributed by atoms with E-state index in [2.05, 4.69) is 20.7 Å². The first-order valence-electron chi connectivity index (χ1n) is 6.44. The summed E-state index contributed by atoms with van der Waals surface area (Å²) in [5.74, 6) is 0. The van der Waals surface area contributed by atoms with E-state index in [-0.39, 0.29) is 10.9 Å². The van der Waals surface area contributed by atoms with Gasteiger partial charge in [0.2, 0.25) is 10.0 Å². The number of anilines is 1. The van der Waals surface area contributed by atoms with Crippen LogP contribution < -0.4 is 10.5 Å². The Morgan fingerprint density at radius 1 is 1.19 bits per heavy atom. The van der Waals surface area contributed by atoms with Gasteiger partial charge in [-0.25, -0.2) is 13.1 Å². The highest BCUT2D eigenvalue weighted by Gasteiger charge is 2.21. The molecule has 0 heterocycles. The lowest BCUT2D eigenvalue weighted by Gasteiger charge is -2.16. The molecule has 2 aromatic carbocycles. The minimum atomic E-state index is -3.63. The van der Waals surface area contributed by atoms with Gasteiger partial charge in [-0.05, 0) is 53.0 Å². The van der Waals surface area contributed by atoms with Crippen LogP contribution in [-0.2, 0) is 10.0 Å². The average Bonchev–Trinajstić information content (AvgIpc) is 2.43. The van der Waals surface area contributed by atoms with E-state index in [4.69, 9.17) is 5.73 Å². The monoisotopic (exact) mass is 368 g/mol. The summed E-state index contributed by atoms with van der Waals surface area (Å²) in [5.41, 5.74) is 7.73. The summed E-state index contributed by atoms with van der Waals surface area (Å²) < 4.78 is 28.4. The quantitative estimate of drug-likeness (QED) is 0.812. The van der Waals surface area contributed by atoms with Gasteiger partial charge in [0, 0.05) is 16.2 Å². The van der Waals surface area contributed by atoms with Crippen LogP contribution in [0.15, 0.2) is 51.8 Å². The Morgan fingerprint density at radius 2 is 1.81 bits per heavy atom. The van der Waals surface area contributed by atoms with Crippen molar-refractivity contribution in [3.63, 3.8) is 0 Å². The molecule has 6 heteroatoms. The Morgan fingerprint density at radius 3 is 2.43 bits per heavy atom. The Kier molecular flexibility index (Phi) is 4.70. The maximum absolute atomic E-state index is 12.5. The molecule has 2 aromatic rings. The van der Waals surface area contributed by atoms with Gasteiger partial charge in [0.05, 0.1) is 4.90 Å². The lowest BCUT2D eigenvalue weighted by molar-refractivity contribution is 0.566. The standard InChI is InChI=1S/C15H17BrN2O2S/c1-10-8-13(16)14(17)9-15(10)21(19,20)18-11(2)12-6-4-3-5-7-12/h3-9,11,18H,17H2,1-2H3. The zero-order chi connectivity index (χ0) is 15.6. The van der Waals surface area contributed by atoms with Crippen molar-refractivity contribution in [1.82, 2.24) is 4.72 Å². The number of hydrogen-bond donors (Lipinski definition) is 2. The second-order valence-electron chi connectivity index (χ2n) is 4.89. The van der Waals surface area contributed by atoms with E-state index in [9.17, 15) is 8.42 Å². The molecule has 1 atom stereocenters. The number of halogens is 1. The smallest absolute Gasteiger partial charge is 0.241 e. The largest absolute Gasteiger partial charge is 0.398 e. The molecule has 21 heavy (non-hydrogen) atoms. The SMILES string of the molecule is Cc1cc(Br)c(N)cc1S(=O)(=O)NC(C)c1ccccc1. The van der Waals surface area contributed by atoms with Gasteiger partial charge in [-0.1, -0.05) is 30.3 Å². The predicted molar refractivity (Wildman–Crippen MR) is 88.5 cm³/mol. The maximum atomic E-state index is 12.5. The second kappa shape index (κ2) is 6.17. The number of nitrogens with one attached hydrogen (secondary N) is 1. The van der Waals surface area contributed by atoms with Crippen LogP contribution in [0, 0.1) is 6.92 Å². The highest BCUT2D eigenvalue weighted by Crippen LogP contribution is 2.27. The lowest BCUT2D eigenvalue weighted by Crippen LogP contribution is -2.27. The molecule has 0 aliphatic heterocycles. The third-order valence-electron chi connectivity index (χ3n) is 3.22. The minimum absolute atomic E-state index is 0.200. The van der Waals surface area contributed by atoms with Crippen LogP contribution >= 0.6 is 15.9 Å². The van der Waals surface area contributed by atoms with Crippen LogP contribution in [0.2, 0.25) is 0 Å². The number of nitrogen functional groups attached to an aromatic ring is 1. The molecule has 0 bridgehead atoms. The minimum Gasteiger partial charge on any atom is -0.398 e. The van der Waals surface area contributed by atoms with Crippen molar-refractivity contribution in [2.75, 3.05) is 5.73 Å². The fourth-order valence-corrected chi connectivity index (χ4v) is 4.02. The molecule has 0 aromatic heterocycles. The maximum Gasteiger partial charge on any atom is 0.241 e. The van der Waals surface area contributed by atoms with Gasteiger partial charge in [-0.15, -0.1) is 0 Å². The van der Waals surface area contributed by atoms with Gasteiger partial charge in [-0.3, -0.25) is 0 Å². The lowest BCUT2D eigenvalue weighted by atomic mass is 10.1. The van der Waals surface area contributed by atoms with Gasteiger partial charge in [-0.2, -0.15) is 0 Å². The van der Waals surface area contributed by atoms with E-state index in [1.54, 1.807) is 13.0 Å². The van der Waals surface area contributed by atoms with Crippen molar-refractivity contribution in [2.24, 2.45) is 0 Å². The molecule has 0 radical (unpaired) electrons. The molecule has 0 aliphatic carbocycles. The molecule has 0 spiro atoms. The van der Waals surface area contributed by atoms with Gasteiger partial charge in [0.25, 0.3) is 0 Å². The first-order chi connectivity index (χ1) is 9.81. The van der Waals surface area contributed by atoms with E-state index >= 15 is 0 Å². The van der Waals surface area contributed by atoms with Crippen LogP contribution in [0.25, 0.3) is 0 Å². The van der Waals surface area contributed by atoms with Crippen LogP contribution in [0.5, 0.6) is 0 Å². The summed E-state index contributed by atoms with van der Waals surface area (Å²) in [6.07, 6.45) is 0. The molecule has 0 fully saturated rings. The number of aryl methyl sites for hydroxylation is 1. The highest BCUT2D eigenvalue weighted by atomic mass is 79.9. The molecule has 4 nitrogen and oxygen atoms in total. The van der Waals surface area contributed by atoms with Crippen LogP contribution in [0.4, 0.5) is 5.69 Å². The van der Waals surface area contributed by atoms with E-state index in [1.165, 1.54) is 6.07 Å². The fraction of sp³-hybridized carbons (Fsp3) is 0.200. The van der Waals surface area contributed by atoms with Crippen LogP contribution in [-0.4, -0.2) is 8.42 Å². The van der Waals surface area contributed by atoms with Crippen molar-refractivity contribution < 1.29 is 8.42 Å². The summed E-state index contributed by atoms with van der Waals surface area (Å²) in [7, 11) is -3.63. The molecule has 0 amide bonds. The fourth-order valence-electron chi connectivity index (χ4n) is 2.06. The van der Waals surface area contributed by atoms with E-state index in [1.807, 2.05) is 37.3 Å². The molecule has 3 N–H and O–H groups in total. The Hall–Kier alpha value is -1.37. The van der Waals surface area contributed by atoms with Crippen LogP contribution in [0.3, 0.4) is 0 Å². The number of nitrogens with two attached hydrogens (primary N) is 1. The third-order valence-corrected chi connectivity index (χ3v) is 5.58. The molecular weight excluding hydrogens is 352 g/mol. The van der Waals surface area contributed by atoms with E-state index in [0.29, 0.717) is 15.7 Å². The highest BCUT2D eigenvalue weighted by molar-refractivity contribution is 9.10. The van der Waals surface area contributed by atoms with E-state index in [0.717, 1.165) is 5.56 Å².